The summed E-state index contributed by atoms with van der Waals surface area (Å²) in [7, 11) is 1.58. The summed E-state index contributed by atoms with van der Waals surface area (Å²) in [6.07, 6.45) is 3.69. The van der Waals surface area contributed by atoms with Crippen LogP contribution in [0.25, 0.3) is 10.9 Å². The predicted molar refractivity (Wildman–Crippen MR) is 126 cm³/mol. The van der Waals surface area contributed by atoms with Gasteiger partial charge in [0.15, 0.2) is 5.09 Å². The van der Waals surface area contributed by atoms with Crippen LogP contribution in [0.3, 0.4) is 0 Å². The minimum atomic E-state index is -1.18. The van der Waals surface area contributed by atoms with Crippen LogP contribution in [0.1, 0.15) is 31.0 Å². The molecular formula is C25H29FN2O4S. The first kappa shape index (κ1) is 23.6. The number of carboxylic acids is 1. The highest BCUT2D eigenvalue weighted by Crippen LogP contribution is 2.35. The Labute approximate surface area is 197 Å². The zero-order valence-electron chi connectivity index (χ0n) is 18.7. The summed E-state index contributed by atoms with van der Waals surface area (Å²) in [5, 5.41) is 11.4. The van der Waals surface area contributed by atoms with E-state index in [0.717, 1.165) is 41.3 Å². The number of carboxylic acid groups (broad SMARTS) is 1. The van der Waals surface area contributed by atoms with Gasteiger partial charge in [0.05, 0.1) is 24.8 Å². The first-order chi connectivity index (χ1) is 16.0. The summed E-state index contributed by atoms with van der Waals surface area (Å²) in [5.74, 6) is 0.201. The van der Waals surface area contributed by atoms with Crippen molar-refractivity contribution in [1.82, 2.24) is 9.88 Å². The number of nitrogens with zero attached hydrogens (tertiary/aromatic N) is 2. The maximum Gasteiger partial charge on any atom is 0.308 e. The number of benzene rings is 1. The van der Waals surface area contributed by atoms with Crippen molar-refractivity contribution in [2.45, 2.75) is 30.5 Å². The van der Waals surface area contributed by atoms with Crippen LogP contribution in [0.15, 0.2) is 58.4 Å². The van der Waals surface area contributed by atoms with Gasteiger partial charge < -0.3 is 19.2 Å². The Bertz CT molecular complexity index is 1060. The van der Waals surface area contributed by atoms with E-state index in [-0.39, 0.29) is 5.92 Å². The number of hydrogen-bond donors (Lipinski definition) is 1. The molecular weight excluding hydrogens is 443 g/mol. The van der Waals surface area contributed by atoms with Gasteiger partial charge in [0.25, 0.3) is 0 Å². The second-order valence-electron chi connectivity index (χ2n) is 8.40. The zero-order valence-corrected chi connectivity index (χ0v) is 19.5. The Morgan fingerprint density at radius 3 is 3.03 bits per heavy atom. The lowest BCUT2D eigenvalue weighted by atomic mass is 9.81. The lowest BCUT2D eigenvalue weighted by molar-refractivity contribution is -0.146. The van der Waals surface area contributed by atoms with E-state index in [1.54, 1.807) is 37.4 Å². The van der Waals surface area contributed by atoms with Crippen LogP contribution in [0.4, 0.5) is 4.39 Å². The third-order valence-electron chi connectivity index (χ3n) is 6.41. The minimum absolute atomic E-state index is 0.0302. The normalized spacial score (nSPS) is 20.1. The number of carbonyl (C=O) groups is 1. The lowest BCUT2D eigenvalue weighted by Crippen LogP contribution is -2.44. The largest absolute Gasteiger partial charge is 0.497 e. The van der Waals surface area contributed by atoms with Crippen LogP contribution in [-0.4, -0.2) is 53.5 Å². The lowest BCUT2D eigenvalue weighted by Gasteiger charge is -2.36. The molecule has 1 saturated heterocycles. The fourth-order valence-electron chi connectivity index (χ4n) is 4.58. The van der Waals surface area contributed by atoms with E-state index in [2.05, 4.69) is 9.88 Å². The summed E-state index contributed by atoms with van der Waals surface area (Å²) < 4.78 is 25.9. The number of alkyl halides is 1. The highest BCUT2D eigenvalue weighted by Gasteiger charge is 2.34. The van der Waals surface area contributed by atoms with Crippen molar-refractivity contribution in [3.63, 3.8) is 0 Å². The molecule has 0 saturated carbocycles. The molecule has 0 bridgehead atoms. The number of aromatic nitrogens is 1. The van der Waals surface area contributed by atoms with Gasteiger partial charge in [-0.1, -0.05) is 11.8 Å². The maximum atomic E-state index is 15.3. The second kappa shape index (κ2) is 11.0. The third-order valence-corrected chi connectivity index (χ3v) is 7.32. The molecule has 0 spiro atoms. The molecule has 3 heterocycles. The highest BCUT2D eigenvalue weighted by molar-refractivity contribution is 7.99. The first-order valence-electron chi connectivity index (χ1n) is 11.2. The van der Waals surface area contributed by atoms with Crippen molar-refractivity contribution in [1.29, 1.82) is 0 Å². The standard InChI is InChI=1S/C25H29FN2O4S/c1-31-18-5-7-23-20(15-18)19(8-10-27-23)22(26)6-4-17-9-11-28(16-21(17)25(29)30)12-14-33-24-3-2-13-32-24/h2-3,5,7-8,10,13,15,17,21-22H,4,6,9,11-12,14,16H2,1H3,(H,29,30)/t17-,21+,22?/m1/s1. The SMILES string of the molecule is COc1ccc2nccc(C(F)CC[C@@H]3CCN(CCSc4ccco4)C[C@@H]3C(=O)O)c2c1. The van der Waals surface area contributed by atoms with Crippen LogP contribution in [0.5, 0.6) is 5.75 Å². The minimum Gasteiger partial charge on any atom is -0.497 e. The molecule has 0 aliphatic carbocycles. The number of hydrogen-bond acceptors (Lipinski definition) is 6. The third kappa shape index (κ3) is 5.86. The van der Waals surface area contributed by atoms with Gasteiger partial charge >= 0.3 is 5.97 Å². The summed E-state index contributed by atoms with van der Waals surface area (Å²) in [6, 6.07) is 10.9. The van der Waals surface area contributed by atoms with Gasteiger partial charge in [-0.3, -0.25) is 9.78 Å². The van der Waals surface area contributed by atoms with Gasteiger partial charge in [-0.05, 0) is 73.7 Å². The molecule has 0 amide bonds. The molecule has 176 valence electrons. The van der Waals surface area contributed by atoms with Crippen molar-refractivity contribution >= 4 is 28.6 Å². The second-order valence-corrected chi connectivity index (χ2v) is 9.50. The number of halogens is 1. The summed E-state index contributed by atoms with van der Waals surface area (Å²) >= 11 is 1.63. The number of ether oxygens (including phenoxy) is 1. The zero-order chi connectivity index (χ0) is 23.2. The molecule has 8 heteroatoms. The number of thioether (sulfide) groups is 1. The molecule has 4 rings (SSSR count). The molecule has 2 aromatic heterocycles. The van der Waals surface area contributed by atoms with Crippen molar-refractivity contribution in [3.05, 3.63) is 54.4 Å². The Hall–Kier alpha value is -2.58. The summed E-state index contributed by atoms with van der Waals surface area (Å²) in [4.78, 5) is 18.5. The van der Waals surface area contributed by atoms with E-state index < -0.39 is 18.1 Å². The molecule has 1 N–H and O–H groups in total. The Morgan fingerprint density at radius 2 is 2.27 bits per heavy atom. The fourth-order valence-corrected chi connectivity index (χ4v) is 5.43. The molecule has 1 fully saturated rings. The number of fused-ring (bicyclic) bond motifs is 1. The van der Waals surface area contributed by atoms with Crippen LogP contribution < -0.4 is 4.74 Å². The molecule has 6 nitrogen and oxygen atoms in total. The van der Waals surface area contributed by atoms with Gasteiger partial charge in [0.2, 0.25) is 0 Å². The Morgan fingerprint density at radius 1 is 1.39 bits per heavy atom. The fraction of sp³-hybridized carbons (Fsp3) is 0.440. The van der Waals surface area contributed by atoms with E-state index in [1.165, 1.54) is 0 Å². The number of furan rings is 1. The molecule has 0 radical (unpaired) electrons. The smallest absolute Gasteiger partial charge is 0.308 e. The van der Waals surface area contributed by atoms with E-state index in [0.29, 0.717) is 30.7 Å². The molecule has 3 aromatic rings. The number of methoxy groups -OCH3 is 1. The topological polar surface area (TPSA) is 75.8 Å². The summed E-state index contributed by atoms with van der Waals surface area (Å²) in [6.45, 7) is 2.14. The monoisotopic (exact) mass is 472 g/mol. The van der Waals surface area contributed by atoms with E-state index >= 15 is 4.39 Å². The van der Waals surface area contributed by atoms with Crippen molar-refractivity contribution < 1.29 is 23.4 Å². The van der Waals surface area contributed by atoms with Gasteiger partial charge in [0.1, 0.15) is 11.9 Å². The Balaban J connectivity index is 1.34. The van der Waals surface area contributed by atoms with Crippen LogP contribution in [-0.2, 0) is 4.79 Å². The molecule has 1 unspecified atom stereocenters. The van der Waals surface area contributed by atoms with E-state index in [1.807, 2.05) is 30.3 Å². The number of piperidine rings is 1. The quantitative estimate of drug-likeness (QED) is 0.394. The van der Waals surface area contributed by atoms with Crippen molar-refractivity contribution in [2.24, 2.45) is 11.8 Å². The average Bonchev–Trinajstić information content (AvgIpc) is 3.35. The number of rotatable bonds is 10. The van der Waals surface area contributed by atoms with Gasteiger partial charge in [-0.15, -0.1) is 0 Å². The predicted octanol–water partition coefficient (Wildman–Crippen LogP) is 5.44. The molecule has 3 atom stereocenters. The Kier molecular flexibility index (Phi) is 7.88. The van der Waals surface area contributed by atoms with Gasteiger partial charge in [0, 0.05) is 30.4 Å². The molecule has 1 aliphatic rings. The number of pyridine rings is 1. The van der Waals surface area contributed by atoms with Crippen molar-refractivity contribution in [3.8, 4) is 5.75 Å². The van der Waals surface area contributed by atoms with Gasteiger partial charge in [-0.2, -0.15) is 0 Å². The van der Waals surface area contributed by atoms with Crippen LogP contribution >= 0.6 is 11.8 Å². The first-order valence-corrected chi connectivity index (χ1v) is 12.2. The van der Waals surface area contributed by atoms with E-state index in [9.17, 15) is 9.90 Å². The van der Waals surface area contributed by atoms with Crippen molar-refractivity contribution in [2.75, 3.05) is 32.5 Å². The summed E-state index contributed by atoms with van der Waals surface area (Å²) in [5.41, 5.74) is 1.30. The average molecular weight is 473 g/mol. The van der Waals surface area contributed by atoms with Crippen LogP contribution in [0.2, 0.25) is 0 Å². The molecule has 33 heavy (non-hydrogen) atoms. The van der Waals surface area contributed by atoms with Crippen LogP contribution in [0, 0.1) is 11.8 Å². The molecule has 1 aromatic carbocycles. The maximum absolute atomic E-state index is 15.3. The van der Waals surface area contributed by atoms with Gasteiger partial charge in [-0.25, -0.2) is 4.39 Å². The number of aliphatic carboxylic acids is 1. The number of likely N-dealkylation sites (tertiary alicyclic amines) is 1. The van der Waals surface area contributed by atoms with E-state index in [4.69, 9.17) is 9.15 Å². The molecule has 1 aliphatic heterocycles. The highest BCUT2D eigenvalue weighted by atomic mass is 32.2.